The molecule has 1 heterocycles. The van der Waals surface area contributed by atoms with Gasteiger partial charge in [0.05, 0.1) is 26.1 Å². The van der Waals surface area contributed by atoms with E-state index in [-0.39, 0.29) is 0 Å². The molecular weight excluding hydrogens is 166 g/mol. The molecule has 0 atom stereocenters. The third-order valence-electron chi connectivity index (χ3n) is 1.94. The van der Waals surface area contributed by atoms with Crippen LogP contribution < -0.4 is 0 Å². The summed E-state index contributed by atoms with van der Waals surface area (Å²) in [6.07, 6.45) is 5.17. The van der Waals surface area contributed by atoms with Crippen molar-refractivity contribution in [3.8, 4) is 0 Å². The number of rotatable bonds is 5. The van der Waals surface area contributed by atoms with E-state index in [1.807, 2.05) is 0 Å². The molecule has 0 aromatic rings. The third-order valence-corrected chi connectivity index (χ3v) is 1.94. The van der Waals surface area contributed by atoms with E-state index in [9.17, 15) is 0 Å². The summed E-state index contributed by atoms with van der Waals surface area (Å²) in [5.74, 6) is 0. The number of hydrogen-bond acceptors (Lipinski definition) is 3. The van der Waals surface area contributed by atoms with E-state index >= 15 is 0 Å². The first-order valence-electron chi connectivity index (χ1n) is 4.63. The lowest BCUT2D eigenvalue weighted by atomic mass is 10.4. The van der Waals surface area contributed by atoms with Gasteiger partial charge in [-0.05, 0) is 6.08 Å². The highest BCUT2D eigenvalue weighted by molar-refractivity contribution is 4.92. The summed E-state index contributed by atoms with van der Waals surface area (Å²) in [5.41, 5.74) is 0. The second kappa shape index (κ2) is 6.69. The van der Waals surface area contributed by atoms with Gasteiger partial charge in [0.2, 0.25) is 0 Å². The quantitative estimate of drug-likeness (QED) is 0.361. The van der Waals surface area contributed by atoms with E-state index in [0.29, 0.717) is 0 Å². The Morgan fingerprint density at radius 1 is 1.38 bits per heavy atom. The minimum absolute atomic E-state index is 0.740. The van der Waals surface area contributed by atoms with Crippen LogP contribution in [0.25, 0.3) is 0 Å². The van der Waals surface area contributed by atoms with Gasteiger partial charge < -0.3 is 9.47 Å². The van der Waals surface area contributed by atoms with Crippen molar-refractivity contribution in [3.63, 3.8) is 0 Å². The molecular formula is C10H17NO2. The molecule has 0 aromatic heterocycles. The largest absolute Gasteiger partial charge is 0.500 e. The van der Waals surface area contributed by atoms with Crippen molar-refractivity contribution >= 4 is 0 Å². The van der Waals surface area contributed by atoms with E-state index in [1.54, 1.807) is 18.4 Å². The van der Waals surface area contributed by atoms with E-state index < -0.39 is 0 Å². The average molecular weight is 183 g/mol. The molecule has 0 N–H and O–H groups in total. The number of hydrogen-bond donors (Lipinski definition) is 0. The third kappa shape index (κ3) is 4.70. The molecule has 1 fully saturated rings. The van der Waals surface area contributed by atoms with Gasteiger partial charge in [0.1, 0.15) is 0 Å². The first-order chi connectivity index (χ1) is 6.43. The van der Waals surface area contributed by atoms with Crippen LogP contribution in [0.4, 0.5) is 0 Å². The Labute approximate surface area is 79.6 Å². The molecule has 1 aliphatic heterocycles. The van der Waals surface area contributed by atoms with Gasteiger partial charge in [0.15, 0.2) is 0 Å². The van der Waals surface area contributed by atoms with Crippen molar-refractivity contribution in [1.82, 2.24) is 4.90 Å². The maximum absolute atomic E-state index is 5.24. The smallest absolute Gasteiger partial charge is 0.1000 e. The fraction of sp³-hybridized carbons (Fsp3) is 0.600. The second-order valence-electron chi connectivity index (χ2n) is 2.89. The van der Waals surface area contributed by atoms with Crippen molar-refractivity contribution < 1.29 is 9.47 Å². The summed E-state index contributed by atoms with van der Waals surface area (Å²) in [5, 5.41) is 0. The molecule has 3 nitrogen and oxygen atoms in total. The maximum Gasteiger partial charge on any atom is 0.1000 e. The Bertz CT molecular complexity index is 162. The normalized spacial score (nSPS) is 19.1. The molecule has 0 spiro atoms. The Kier molecular flexibility index (Phi) is 5.29. The Morgan fingerprint density at radius 3 is 2.85 bits per heavy atom. The molecule has 0 radical (unpaired) electrons. The topological polar surface area (TPSA) is 21.7 Å². The number of morpholine rings is 1. The fourth-order valence-corrected chi connectivity index (χ4v) is 1.19. The summed E-state index contributed by atoms with van der Waals surface area (Å²) in [7, 11) is 0. The minimum Gasteiger partial charge on any atom is -0.500 e. The van der Waals surface area contributed by atoms with Gasteiger partial charge in [0, 0.05) is 19.6 Å². The van der Waals surface area contributed by atoms with Crippen molar-refractivity contribution in [2.45, 2.75) is 0 Å². The minimum atomic E-state index is 0.740. The first-order valence-corrected chi connectivity index (χ1v) is 4.63. The van der Waals surface area contributed by atoms with Crippen LogP contribution in [-0.2, 0) is 9.47 Å². The molecule has 0 aliphatic carbocycles. The van der Waals surface area contributed by atoms with Crippen LogP contribution in [0.5, 0.6) is 0 Å². The molecule has 1 saturated heterocycles. The van der Waals surface area contributed by atoms with E-state index in [4.69, 9.17) is 9.47 Å². The zero-order valence-electron chi connectivity index (χ0n) is 7.95. The molecule has 0 amide bonds. The molecule has 3 heteroatoms. The highest BCUT2D eigenvalue weighted by Gasteiger charge is 2.08. The summed E-state index contributed by atoms with van der Waals surface area (Å²) < 4.78 is 10.5. The summed E-state index contributed by atoms with van der Waals surface area (Å²) >= 11 is 0. The summed E-state index contributed by atoms with van der Waals surface area (Å²) in [6, 6.07) is 0. The van der Waals surface area contributed by atoms with Crippen LogP contribution in [0, 0.1) is 0 Å². The van der Waals surface area contributed by atoms with E-state index in [2.05, 4.69) is 11.5 Å². The lowest BCUT2D eigenvalue weighted by molar-refractivity contribution is 0.0293. The molecule has 1 aliphatic rings. The SMILES string of the molecule is C=CC=COCCN1CCOCC1. The zero-order chi connectivity index (χ0) is 9.36. The molecule has 0 aromatic carbocycles. The van der Waals surface area contributed by atoms with Gasteiger partial charge in [-0.25, -0.2) is 0 Å². The molecule has 0 saturated carbocycles. The van der Waals surface area contributed by atoms with Crippen molar-refractivity contribution in [2.24, 2.45) is 0 Å². The highest BCUT2D eigenvalue weighted by atomic mass is 16.5. The Hall–Kier alpha value is -0.800. The van der Waals surface area contributed by atoms with Crippen LogP contribution in [0.1, 0.15) is 0 Å². The van der Waals surface area contributed by atoms with Gasteiger partial charge in [-0.15, -0.1) is 0 Å². The maximum atomic E-state index is 5.24. The van der Waals surface area contributed by atoms with E-state index in [1.165, 1.54) is 0 Å². The zero-order valence-corrected chi connectivity index (χ0v) is 7.95. The van der Waals surface area contributed by atoms with Gasteiger partial charge in [-0.2, -0.15) is 0 Å². The average Bonchev–Trinajstić information content (AvgIpc) is 2.19. The Morgan fingerprint density at radius 2 is 2.15 bits per heavy atom. The Balaban J connectivity index is 1.97. The van der Waals surface area contributed by atoms with Crippen LogP contribution in [-0.4, -0.2) is 44.4 Å². The lowest BCUT2D eigenvalue weighted by Crippen LogP contribution is -2.38. The fourth-order valence-electron chi connectivity index (χ4n) is 1.19. The van der Waals surface area contributed by atoms with Gasteiger partial charge in [-0.1, -0.05) is 12.7 Å². The van der Waals surface area contributed by atoms with Crippen molar-refractivity contribution in [1.29, 1.82) is 0 Å². The van der Waals surface area contributed by atoms with Crippen LogP contribution in [0.3, 0.4) is 0 Å². The van der Waals surface area contributed by atoms with Gasteiger partial charge in [-0.3, -0.25) is 4.90 Å². The molecule has 74 valence electrons. The molecule has 0 unspecified atom stereocenters. The first kappa shape index (κ1) is 10.3. The number of nitrogens with zero attached hydrogens (tertiary/aromatic N) is 1. The standard InChI is InChI=1S/C10H17NO2/c1-2-3-7-12-8-4-11-5-9-13-10-6-11/h2-3,7H,1,4-6,8-10H2. The number of ether oxygens (including phenoxy) is 2. The van der Waals surface area contributed by atoms with Gasteiger partial charge >= 0.3 is 0 Å². The summed E-state index contributed by atoms with van der Waals surface area (Å²) in [6.45, 7) is 9.02. The molecule has 1 rings (SSSR count). The monoisotopic (exact) mass is 183 g/mol. The van der Waals surface area contributed by atoms with Crippen LogP contribution >= 0.6 is 0 Å². The van der Waals surface area contributed by atoms with E-state index in [0.717, 1.165) is 39.5 Å². The van der Waals surface area contributed by atoms with Crippen molar-refractivity contribution in [2.75, 3.05) is 39.5 Å². The highest BCUT2D eigenvalue weighted by Crippen LogP contribution is 1.95. The summed E-state index contributed by atoms with van der Waals surface area (Å²) in [4.78, 5) is 2.34. The van der Waals surface area contributed by atoms with Gasteiger partial charge in [0.25, 0.3) is 0 Å². The van der Waals surface area contributed by atoms with Crippen LogP contribution in [0.2, 0.25) is 0 Å². The van der Waals surface area contributed by atoms with Crippen LogP contribution in [0.15, 0.2) is 25.0 Å². The van der Waals surface area contributed by atoms with Crippen molar-refractivity contribution in [3.05, 3.63) is 25.0 Å². The lowest BCUT2D eigenvalue weighted by Gasteiger charge is -2.25. The molecule has 0 bridgehead atoms. The predicted octanol–water partition coefficient (Wildman–Crippen LogP) is 1.03. The molecule has 13 heavy (non-hydrogen) atoms. The second-order valence-corrected chi connectivity index (χ2v) is 2.89. The number of allylic oxidation sites excluding steroid dienone is 2. The predicted molar refractivity (Wildman–Crippen MR) is 52.5 cm³/mol.